The number of nitrogens with zero attached hydrogens (tertiary/aromatic N) is 3. The molecule has 2 aromatic heterocycles. The minimum absolute atomic E-state index is 0.0547. The summed E-state index contributed by atoms with van der Waals surface area (Å²) in [4.78, 5) is 23.5. The van der Waals surface area contributed by atoms with E-state index >= 15 is 0 Å². The van der Waals surface area contributed by atoms with E-state index in [9.17, 15) is 9.90 Å². The molecule has 0 spiro atoms. The lowest BCUT2D eigenvalue weighted by Gasteiger charge is -2.39. The van der Waals surface area contributed by atoms with Crippen molar-refractivity contribution in [2.24, 2.45) is 0 Å². The maximum absolute atomic E-state index is 12.0. The molecule has 3 rings (SSSR count). The van der Waals surface area contributed by atoms with Crippen LogP contribution < -0.4 is 10.2 Å². The van der Waals surface area contributed by atoms with Crippen LogP contribution >= 0.6 is 11.3 Å². The number of anilines is 1. The van der Waals surface area contributed by atoms with Gasteiger partial charge in [-0.1, -0.05) is 6.07 Å². The molecule has 1 aliphatic heterocycles. The number of hydrogen-bond acceptors (Lipinski definition) is 6. The quantitative estimate of drug-likeness (QED) is 0.859. The number of rotatable bonds is 5. The van der Waals surface area contributed by atoms with Crippen LogP contribution in [-0.4, -0.2) is 46.2 Å². The first-order valence-electron chi connectivity index (χ1n) is 8.09. The van der Waals surface area contributed by atoms with E-state index in [0.29, 0.717) is 19.4 Å². The summed E-state index contributed by atoms with van der Waals surface area (Å²) in [6.45, 7) is 3.49. The van der Waals surface area contributed by atoms with E-state index < -0.39 is 5.60 Å². The zero-order valence-electron chi connectivity index (χ0n) is 13.7. The third kappa shape index (κ3) is 4.30. The minimum atomic E-state index is -0.928. The molecule has 1 aliphatic rings. The Kier molecular flexibility index (Phi) is 5.11. The van der Waals surface area contributed by atoms with Gasteiger partial charge in [-0.3, -0.25) is 4.79 Å². The van der Waals surface area contributed by atoms with E-state index in [4.69, 9.17) is 0 Å². The van der Waals surface area contributed by atoms with E-state index in [-0.39, 0.29) is 12.5 Å². The van der Waals surface area contributed by atoms with Crippen LogP contribution in [0.3, 0.4) is 0 Å². The second-order valence-corrected chi connectivity index (χ2v) is 7.33. The van der Waals surface area contributed by atoms with Gasteiger partial charge in [0.15, 0.2) is 0 Å². The molecule has 0 radical (unpaired) electrons. The number of piperidine rings is 1. The molecule has 6 nitrogen and oxygen atoms in total. The zero-order valence-corrected chi connectivity index (χ0v) is 14.6. The van der Waals surface area contributed by atoms with Gasteiger partial charge in [0.25, 0.3) is 0 Å². The second kappa shape index (κ2) is 7.27. The lowest BCUT2D eigenvalue weighted by atomic mass is 9.92. The van der Waals surface area contributed by atoms with Crippen molar-refractivity contribution >= 4 is 23.1 Å². The topological polar surface area (TPSA) is 78.4 Å². The third-order valence-electron chi connectivity index (χ3n) is 4.20. The van der Waals surface area contributed by atoms with Crippen molar-refractivity contribution in [3.05, 3.63) is 40.5 Å². The maximum atomic E-state index is 12.0. The molecule has 1 atom stereocenters. The molecule has 24 heavy (non-hydrogen) atoms. The van der Waals surface area contributed by atoms with Crippen molar-refractivity contribution in [2.75, 3.05) is 24.5 Å². The van der Waals surface area contributed by atoms with Crippen LogP contribution in [0, 0.1) is 6.92 Å². The lowest BCUT2D eigenvalue weighted by Crippen LogP contribution is -2.54. The van der Waals surface area contributed by atoms with Crippen LogP contribution in [0.25, 0.3) is 0 Å². The van der Waals surface area contributed by atoms with Gasteiger partial charge in [-0.2, -0.15) is 0 Å². The number of thiophene rings is 1. The summed E-state index contributed by atoms with van der Waals surface area (Å²) in [5.74, 6) is 0.770. The molecule has 2 aromatic rings. The first-order chi connectivity index (χ1) is 11.5. The van der Waals surface area contributed by atoms with Crippen molar-refractivity contribution in [2.45, 2.75) is 31.8 Å². The van der Waals surface area contributed by atoms with E-state index in [1.165, 1.54) is 0 Å². The average molecular weight is 346 g/mol. The van der Waals surface area contributed by atoms with Gasteiger partial charge in [0.2, 0.25) is 5.91 Å². The van der Waals surface area contributed by atoms with Gasteiger partial charge in [-0.15, -0.1) is 11.3 Å². The van der Waals surface area contributed by atoms with E-state index in [1.54, 1.807) is 17.7 Å². The zero-order chi connectivity index (χ0) is 17.0. The van der Waals surface area contributed by atoms with Crippen LogP contribution in [-0.2, 0) is 11.2 Å². The molecule has 0 aliphatic carbocycles. The maximum Gasteiger partial charge on any atom is 0.225 e. The summed E-state index contributed by atoms with van der Waals surface area (Å²) in [5.41, 5.74) is -0.0271. The SMILES string of the molecule is Cc1cc(N2CCC[C@@](O)(CNC(=O)Cc3cccs3)C2)ncn1. The molecule has 0 aromatic carbocycles. The number of amides is 1. The molecule has 7 heteroatoms. The highest BCUT2D eigenvalue weighted by molar-refractivity contribution is 7.10. The summed E-state index contributed by atoms with van der Waals surface area (Å²) >= 11 is 1.57. The lowest BCUT2D eigenvalue weighted by molar-refractivity contribution is -0.121. The fourth-order valence-electron chi connectivity index (χ4n) is 2.96. The Morgan fingerprint density at radius 1 is 1.50 bits per heavy atom. The fraction of sp³-hybridized carbons (Fsp3) is 0.471. The Bertz CT molecular complexity index is 692. The number of aryl methyl sites for hydroxylation is 1. The fourth-order valence-corrected chi connectivity index (χ4v) is 3.67. The van der Waals surface area contributed by atoms with Gasteiger partial charge in [0.05, 0.1) is 12.0 Å². The number of nitrogens with one attached hydrogen (secondary N) is 1. The highest BCUT2D eigenvalue weighted by Gasteiger charge is 2.34. The van der Waals surface area contributed by atoms with E-state index in [0.717, 1.165) is 29.4 Å². The molecule has 1 amide bonds. The number of carbonyl (C=O) groups excluding carboxylic acids is 1. The molecule has 1 fully saturated rings. The molecule has 2 N–H and O–H groups in total. The van der Waals surface area contributed by atoms with Crippen molar-refractivity contribution < 1.29 is 9.90 Å². The third-order valence-corrected chi connectivity index (χ3v) is 5.07. The highest BCUT2D eigenvalue weighted by Crippen LogP contribution is 2.24. The molecular formula is C17H22N4O2S. The van der Waals surface area contributed by atoms with Crippen LogP contribution in [0.15, 0.2) is 29.9 Å². The van der Waals surface area contributed by atoms with Crippen LogP contribution in [0.4, 0.5) is 5.82 Å². The molecule has 1 saturated heterocycles. The Hall–Kier alpha value is -1.99. The highest BCUT2D eigenvalue weighted by atomic mass is 32.1. The van der Waals surface area contributed by atoms with Crippen molar-refractivity contribution in [1.29, 1.82) is 0 Å². The molecule has 3 heterocycles. The number of aromatic nitrogens is 2. The Labute approximate surface area is 145 Å². The number of β-amino-alcohol motifs (C(OH)–C–C–N with tert-alkyl or cyclic N) is 1. The second-order valence-electron chi connectivity index (χ2n) is 6.30. The van der Waals surface area contributed by atoms with Gasteiger partial charge in [-0.05, 0) is 31.2 Å². The summed E-state index contributed by atoms with van der Waals surface area (Å²) in [6, 6.07) is 5.80. The van der Waals surface area contributed by atoms with Gasteiger partial charge < -0.3 is 15.3 Å². The van der Waals surface area contributed by atoms with E-state index in [1.807, 2.05) is 30.5 Å². The molecule has 0 bridgehead atoms. The van der Waals surface area contributed by atoms with Crippen LogP contribution in [0.5, 0.6) is 0 Å². The summed E-state index contributed by atoms with van der Waals surface area (Å²) < 4.78 is 0. The monoisotopic (exact) mass is 346 g/mol. The van der Waals surface area contributed by atoms with E-state index in [2.05, 4.69) is 20.2 Å². The normalized spacial score (nSPS) is 20.8. The Morgan fingerprint density at radius 3 is 3.12 bits per heavy atom. The van der Waals surface area contributed by atoms with Crippen molar-refractivity contribution in [3.63, 3.8) is 0 Å². The van der Waals surface area contributed by atoms with Gasteiger partial charge in [0.1, 0.15) is 12.1 Å². The summed E-state index contributed by atoms with van der Waals surface area (Å²) in [7, 11) is 0. The van der Waals surface area contributed by atoms with Crippen molar-refractivity contribution in [3.8, 4) is 0 Å². The van der Waals surface area contributed by atoms with Gasteiger partial charge in [0, 0.05) is 36.3 Å². The Balaban J connectivity index is 1.57. The summed E-state index contributed by atoms with van der Waals surface area (Å²) in [6.07, 6.45) is 3.44. The summed E-state index contributed by atoms with van der Waals surface area (Å²) in [5, 5.41) is 15.7. The standard InChI is InChI=1S/C17H22N4O2S/c1-13-8-15(20-12-19-13)21-6-3-5-17(23,11-21)10-18-16(22)9-14-4-2-7-24-14/h2,4,7-8,12,23H,3,5-6,9-11H2,1H3,(H,18,22)/t17-/m1/s1. The molecule has 0 saturated carbocycles. The first-order valence-corrected chi connectivity index (χ1v) is 8.97. The number of hydrogen-bond donors (Lipinski definition) is 2. The van der Waals surface area contributed by atoms with Gasteiger partial charge in [-0.25, -0.2) is 9.97 Å². The predicted octanol–water partition coefficient (Wildman–Crippen LogP) is 1.54. The average Bonchev–Trinajstić information content (AvgIpc) is 3.06. The minimum Gasteiger partial charge on any atom is -0.386 e. The number of carbonyl (C=O) groups is 1. The van der Waals surface area contributed by atoms with Crippen LogP contribution in [0.2, 0.25) is 0 Å². The smallest absolute Gasteiger partial charge is 0.225 e. The largest absolute Gasteiger partial charge is 0.386 e. The van der Waals surface area contributed by atoms with Gasteiger partial charge >= 0.3 is 0 Å². The molecular weight excluding hydrogens is 324 g/mol. The number of aliphatic hydroxyl groups is 1. The predicted molar refractivity (Wildman–Crippen MR) is 94.2 cm³/mol. The first kappa shape index (κ1) is 16.9. The molecule has 0 unspecified atom stereocenters. The Morgan fingerprint density at radius 2 is 2.38 bits per heavy atom. The van der Waals surface area contributed by atoms with Crippen LogP contribution in [0.1, 0.15) is 23.4 Å². The molecule has 128 valence electrons. The van der Waals surface area contributed by atoms with Crippen molar-refractivity contribution in [1.82, 2.24) is 15.3 Å².